The highest BCUT2D eigenvalue weighted by atomic mass is 32.2. The lowest BCUT2D eigenvalue weighted by atomic mass is 9.86. The summed E-state index contributed by atoms with van der Waals surface area (Å²) in [5.41, 5.74) is 0.504. The molecule has 3 aromatic carbocycles. The number of rotatable bonds is 7. The van der Waals surface area contributed by atoms with Crippen LogP contribution in [0.2, 0.25) is 0 Å². The van der Waals surface area contributed by atoms with Crippen LogP contribution in [0.25, 0.3) is 0 Å². The summed E-state index contributed by atoms with van der Waals surface area (Å²) in [6.07, 6.45) is -0.661. The second-order valence-corrected chi connectivity index (χ2v) is 10.6. The number of nitrogens with one attached hydrogen (secondary N) is 2. The topological polar surface area (TPSA) is 105 Å². The van der Waals surface area contributed by atoms with Crippen LogP contribution < -0.4 is 14.8 Å². The number of benzene rings is 3. The number of carbonyl (C=O) groups excluding carboxylic acids is 1. The van der Waals surface area contributed by atoms with Gasteiger partial charge in [0, 0.05) is 17.7 Å². The van der Waals surface area contributed by atoms with Crippen LogP contribution in [0.1, 0.15) is 41.4 Å². The van der Waals surface area contributed by atoms with E-state index in [-0.39, 0.29) is 17.0 Å². The van der Waals surface area contributed by atoms with Crippen molar-refractivity contribution in [3.8, 4) is 5.75 Å². The monoisotopic (exact) mass is 498 g/mol. The molecule has 0 fully saturated rings. The summed E-state index contributed by atoms with van der Waals surface area (Å²) < 4.78 is 48.5. The molecule has 184 valence electrons. The van der Waals surface area contributed by atoms with Gasteiger partial charge in [0.1, 0.15) is 28.2 Å². The molecule has 2 atom stereocenters. The predicted molar refractivity (Wildman–Crippen MR) is 129 cm³/mol. The average Bonchev–Trinajstić information content (AvgIpc) is 2.82. The van der Waals surface area contributed by atoms with Crippen LogP contribution >= 0.6 is 0 Å². The van der Waals surface area contributed by atoms with Crippen molar-refractivity contribution in [2.75, 3.05) is 6.54 Å². The molecular weight excluding hydrogens is 471 g/mol. The van der Waals surface area contributed by atoms with Crippen LogP contribution in [0.5, 0.6) is 5.75 Å². The van der Waals surface area contributed by atoms with Gasteiger partial charge < -0.3 is 15.2 Å². The zero-order valence-corrected chi connectivity index (χ0v) is 20.2. The van der Waals surface area contributed by atoms with E-state index in [2.05, 4.69) is 10.0 Å². The number of hydrogen-bond donors (Lipinski definition) is 3. The number of aliphatic hydroxyl groups excluding tert-OH is 1. The van der Waals surface area contributed by atoms with Crippen LogP contribution in [0.15, 0.2) is 77.7 Å². The minimum Gasteiger partial charge on any atom is -0.485 e. The summed E-state index contributed by atoms with van der Waals surface area (Å²) >= 11 is 0. The molecule has 35 heavy (non-hydrogen) atoms. The van der Waals surface area contributed by atoms with Gasteiger partial charge in [-0.3, -0.25) is 4.79 Å². The molecule has 0 aliphatic carbocycles. The van der Waals surface area contributed by atoms with Crippen molar-refractivity contribution in [1.82, 2.24) is 10.0 Å². The first-order valence-electron chi connectivity index (χ1n) is 11.2. The highest BCUT2D eigenvalue weighted by Gasteiger charge is 2.45. The third-order valence-corrected chi connectivity index (χ3v) is 7.43. The van der Waals surface area contributed by atoms with Gasteiger partial charge in [-0.25, -0.2) is 17.5 Å². The van der Waals surface area contributed by atoms with E-state index in [1.54, 1.807) is 26.0 Å². The lowest BCUT2D eigenvalue weighted by Gasteiger charge is -2.42. The van der Waals surface area contributed by atoms with Gasteiger partial charge in [0.15, 0.2) is 0 Å². The highest BCUT2D eigenvalue weighted by molar-refractivity contribution is 7.89. The van der Waals surface area contributed by atoms with Crippen molar-refractivity contribution in [3.63, 3.8) is 0 Å². The number of halogens is 1. The van der Waals surface area contributed by atoms with Crippen molar-refractivity contribution in [2.45, 2.75) is 42.9 Å². The number of sulfonamides is 1. The first-order chi connectivity index (χ1) is 16.6. The second kappa shape index (κ2) is 9.77. The first kappa shape index (κ1) is 24.8. The Morgan fingerprint density at radius 3 is 2.46 bits per heavy atom. The normalized spacial score (nSPS) is 18.9. The molecule has 0 aromatic heterocycles. The van der Waals surface area contributed by atoms with Gasteiger partial charge in [0.2, 0.25) is 10.0 Å². The van der Waals surface area contributed by atoms with Gasteiger partial charge in [0.05, 0.1) is 6.04 Å². The zero-order valence-electron chi connectivity index (χ0n) is 19.4. The molecule has 1 aliphatic rings. The summed E-state index contributed by atoms with van der Waals surface area (Å²) in [4.78, 5) is 12.3. The Morgan fingerprint density at radius 2 is 1.74 bits per heavy atom. The lowest BCUT2D eigenvalue weighted by molar-refractivity contribution is -0.0603. The molecule has 1 heterocycles. The molecule has 7 nitrogen and oxygen atoms in total. The number of carbonyl (C=O) groups is 1. The summed E-state index contributed by atoms with van der Waals surface area (Å²) in [5, 5.41) is 13.8. The van der Waals surface area contributed by atoms with Crippen molar-refractivity contribution in [1.29, 1.82) is 0 Å². The average molecular weight is 499 g/mol. The largest absolute Gasteiger partial charge is 0.485 e. The first-order valence-corrected chi connectivity index (χ1v) is 12.7. The number of ether oxygens (including phenoxy) is 1. The Bertz CT molecular complexity index is 1330. The van der Waals surface area contributed by atoms with E-state index in [0.29, 0.717) is 18.7 Å². The summed E-state index contributed by atoms with van der Waals surface area (Å²) in [7, 11) is -4.34. The summed E-state index contributed by atoms with van der Waals surface area (Å²) in [6, 6.07) is 18.2. The number of fused-ring (bicyclic) bond motifs is 1. The van der Waals surface area contributed by atoms with E-state index in [9.17, 15) is 22.7 Å². The molecule has 0 saturated heterocycles. The van der Waals surface area contributed by atoms with E-state index < -0.39 is 38.5 Å². The Labute approximate surface area is 204 Å². The van der Waals surface area contributed by atoms with Crippen LogP contribution in [0, 0.1) is 5.82 Å². The van der Waals surface area contributed by atoms with E-state index in [4.69, 9.17) is 4.74 Å². The number of aliphatic hydroxyl groups is 1. The van der Waals surface area contributed by atoms with Crippen LogP contribution in [-0.2, 0) is 16.4 Å². The van der Waals surface area contributed by atoms with Crippen LogP contribution in [0.4, 0.5) is 4.39 Å². The molecular formula is C26H27FN2O5S. The fourth-order valence-electron chi connectivity index (χ4n) is 4.03. The van der Waals surface area contributed by atoms with Gasteiger partial charge in [0.25, 0.3) is 5.91 Å². The van der Waals surface area contributed by atoms with Crippen molar-refractivity contribution in [2.24, 2.45) is 0 Å². The lowest BCUT2D eigenvalue weighted by Crippen LogP contribution is -2.53. The number of amides is 1. The zero-order chi connectivity index (χ0) is 25.2. The fourth-order valence-corrected chi connectivity index (χ4v) is 5.33. The predicted octanol–water partition coefficient (Wildman–Crippen LogP) is 3.35. The fraction of sp³-hybridized carbons (Fsp3) is 0.269. The van der Waals surface area contributed by atoms with Crippen molar-refractivity contribution in [3.05, 3.63) is 95.3 Å². The minimum atomic E-state index is -4.34. The molecule has 4 rings (SSSR count). The standard InChI is InChI=1S/C26H27FN2O5S/c1-26(2)24(30)23(29-35(32,33)22-11-7-6-10-20(22)27)19-16-18(12-13-21(19)34-26)25(31)28-15-14-17-8-4-3-5-9-17/h3-13,16,23-24,29-30H,14-15H2,1-2H3,(H,28,31)/t23-,24+/m1/s1. The molecule has 9 heteroatoms. The second-order valence-electron chi connectivity index (χ2n) is 8.92. The van der Waals surface area contributed by atoms with E-state index >= 15 is 0 Å². The summed E-state index contributed by atoms with van der Waals surface area (Å²) in [5.74, 6) is -0.936. The maximum absolute atomic E-state index is 14.2. The van der Waals surface area contributed by atoms with Crippen LogP contribution in [-0.4, -0.2) is 37.7 Å². The third-order valence-electron chi connectivity index (χ3n) is 5.96. The van der Waals surface area contributed by atoms with E-state index in [1.165, 1.54) is 18.2 Å². The molecule has 1 aliphatic heterocycles. The van der Waals surface area contributed by atoms with E-state index in [0.717, 1.165) is 17.7 Å². The van der Waals surface area contributed by atoms with Gasteiger partial charge in [-0.2, -0.15) is 0 Å². The van der Waals surface area contributed by atoms with Crippen molar-refractivity contribution >= 4 is 15.9 Å². The Balaban J connectivity index is 1.60. The Kier molecular flexibility index (Phi) is 6.93. The molecule has 0 radical (unpaired) electrons. The third kappa shape index (κ3) is 5.37. The SMILES string of the molecule is CC1(C)Oc2ccc(C(=O)NCCc3ccccc3)cc2[C@@H](NS(=O)(=O)c2ccccc2F)[C@@H]1O. The Hall–Kier alpha value is -3.27. The van der Waals surface area contributed by atoms with Gasteiger partial charge >= 0.3 is 0 Å². The Morgan fingerprint density at radius 1 is 1.06 bits per heavy atom. The molecule has 0 spiro atoms. The van der Waals surface area contributed by atoms with Crippen LogP contribution in [0.3, 0.4) is 0 Å². The molecule has 0 saturated carbocycles. The maximum atomic E-state index is 14.2. The van der Waals surface area contributed by atoms with Gasteiger partial charge in [-0.05, 0) is 56.2 Å². The van der Waals surface area contributed by atoms with Crippen molar-refractivity contribution < 1.29 is 27.4 Å². The molecule has 0 bridgehead atoms. The van der Waals surface area contributed by atoms with E-state index in [1.807, 2.05) is 30.3 Å². The van der Waals surface area contributed by atoms with Gasteiger partial charge in [-0.1, -0.05) is 42.5 Å². The molecule has 0 unspecified atom stereocenters. The quantitative estimate of drug-likeness (QED) is 0.464. The number of hydrogen-bond acceptors (Lipinski definition) is 5. The molecule has 1 amide bonds. The van der Waals surface area contributed by atoms with Gasteiger partial charge in [-0.15, -0.1) is 0 Å². The smallest absolute Gasteiger partial charge is 0.251 e. The molecule has 3 N–H and O–H groups in total. The molecule has 3 aromatic rings. The highest BCUT2D eigenvalue weighted by Crippen LogP contribution is 2.41. The minimum absolute atomic E-state index is 0.280. The maximum Gasteiger partial charge on any atom is 0.251 e. The summed E-state index contributed by atoms with van der Waals surface area (Å²) in [6.45, 7) is 3.65.